The molecule has 0 bridgehead atoms. The van der Waals surface area contributed by atoms with Gasteiger partial charge in [0.05, 0.1) is 11.0 Å². The van der Waals surface area contributed by atoms with Gasteiger partial charge in [-0.2, -0.15) is 4.52 Å². The Kier molecular flexibility index (Phi) is 1.42. The Morgan fingerprint density at radius 3 is 2.73 bits per heavy atom. The Morgan fingerprint density at radius 2 is 1.93 bits per heavy atom. The van der Waals surface area contributed by atoms with Crippen LogP contribution in [-0.2, 0) is 7.05 Å². The summed E-state index contributed by atoms with van der Waals surface area (Å²) < 4.78 is 3.00. The smallest absolute Gasteiger partial charge is 0.297 e. The van der Waals surface area contributed by atoms with Gasteiger partial charge in [0.2, 0.25) is 5.65 Å². The minimum absolute atomic E-state index is 0.196. The van der Waals surface area contributed by atoms with E-state index in [0.717, 1.165) is 11.0 Å². The zero-order valence-electron chi connectivity index (χ0n) is 7.95. The van der Waals surface area contributed by atoms with Gasteiger partial charge in [-0.1, -0.05) is 12.1 Å². The number of aromatic nitrogens is 5. The molecule has 2 heterocycles. The van der Waals surface area contributed by atoms with Crippen LogP contribution < -0.4 is 5.56 Å². The highest BCUT2D eigenvalue weighted by molar-refractivity contribution is 5.77. The summed E-state index contributed by atoms with van der Waals surface area (Å²) in [4.78, 5) is 11.8. The molecular weight excluding hydrogens is 194 g/mol. The molecule has 0 fully saturated rings. The van der Waals surface area contributed by atoms with Gasteiger partial charge in [-0.25, -0.2) is 0 Å². The van der Waals surface area contributed by atoms with Crippen LogP contribution in [0.15, 0.2) is 29.1 Å². The van der Waals surface area contributed by atoms with Gasteiger partial charge >= 0.3 is 0 Å². The molecule has 0 amide bonds. The molecule has 6 nitrogen and oxygen atoms in total. The van der Waals surface area contributed by atoms with Crippen molar-refractivity contribution >= 4 is 16.7 Å². The van der Waals surface area contributed by atoms with Gasteiger partial charge in [0.1, 0.15) is 0 Å². The standard InChI is InChI=1S/C9H7N5O/c1-13-6-4-2-3-5-7(6)14-8(9(13)15)10-11-12-14/h2-5H,1H3. The van der Waals surface area contributed by atoms with Crippen molar-refractivity contribution in [1.82, 2.24) is 24.6 Å². The van der Waals surface area contributed by atoms with Gasteiger partial charge < -0.3 is 4.57 Å². The maximum absolute atomic E-state index is 11.8. The largest absolute Gasteiger partial charge is 0.307 e. The van der Waals surface area contributed by atoms with Crippen molar-refractivity contribution in [2.75, 3.05) is 0 Å². The van der Waals surface area contributed by atoms with Gasteiger partial charge in [0, 0.05) is 7.05 Å². The molecule has 0 unspecified atom stereocenters. The summed E-state index contributed by atoms with van der Waals surface area (Å²) in [7, 11) is 1.71. The second-order valence-electron chi connectivity index (χ2n) is 3.27. The fraction of sp³-hybridized carbons (Fsp3) is 0.111. The van der Waals surface area contributed by atoms with Crippen LogP contribution in [-0.4, -0.2) is 24.6 Å². The van der Waals surface area contributed by atoms with Gasteiger partial charge in [0.25, 0.3) is 5.56 Å². The lowest BCUT2D eigenvalue weighted by Crippen LogP contribution is -2.20. The summed E-state index contributed by atoms with van der Waals surface area (Å²) in [6.07, 6.45) is 0. The van der Waals surface area contributed by atoms with Crippen molar-refractivity contribution in [3.8, 4) is 0 Å². The summed E-state index contributed by atoms with van der Waals surface area (Å²) in [6.45, 7) is 0. The van der Waals surface area contributed by atoms with Gasteiger partial charge in [-0.15, -0.1) is 5.10 Å². The number of aryl methyl sites for hydroxylation is 1. The lowest BCUT2D eigenvalue weighted by molar-refractivity contribution is 0.830. The Morgan fingerprint density at radius 1 is 1.20 bits per heavy atom. The average molecular weight is 201 g/mol. The molecule has 3 rings (SSSR count). The highest BCUT2D eigenvalue weighted by atomic mass is 16.1. The molecule has 15 heavy (non-hydrogen) atoms. The van der Waals surface area contributed by atoms with Crippen LogP contribution in [0, 0.1) is 0 Å². The van der Waals surface area contributed by atoms with Crippen LogP contribution in [0.1, 0.15) is 0 Å². The quantitative estimate of drug-likeness (QED) is 0.512. The lowest BCUT2D eigenvalue weighted by Gasteiger charge is -2.04. The van der Waals surface area contributed by atoms with Crippen LogP contribution in [0.25, 0.3) is 16.7 Å². The molecule has 1 aromatic carbocycles. The monoisotopic (exact) mass is 201 g/mol. The summed E-state index contributed by atoms with van der Waals surface area (Å²) in [5, 5.41) is 11.0. The summed E-state index contributed by atoms with van der Waals surface area (Å²) in [6, 6.07) is 7.49. The molecule has 74 valence electrons. The number of nitrogens with zero attached hydrogens (tertiary/aromatic N) is 5. The molecule has 0 aliphatic carbocycles. The zero-order chi connectivity index (χ0) is 10.4. The molecule has 0 aliphatic rings. The molecule has 0 radical (unpaired) electrons. The average Bonchev–Trinajstić information content (AvgIpc) is 2.75. The predicted octanol–water partition coefficient (Wildman–Crippen LogP) is -0.0238. The van der Waals surface area contributed by atoms with E-state index in [2.05, 4.69) is 15.5 Å². The maximum atomic E-state index is 11.8. The number of hydrogen-bond donors (Lipinski definition) is 0. The van der Waals surface area contributed by atoms with Crippen LogP contribution in [0.3, 0.4) is 0 Å². The van der Waals surface area contributed by atoms with Crippen molar-refractivity contribution in [2.45, 2.75) is 0 Å². The first kappa shape index (κ1) is 8.10. The molecule has 0 saturated heterocycles. The van der Waals surface area contributed by atoms with Crippen LogP contribution in [0.2, 0.25) is 0 Å². The molecular formula is C9H7N5O. The van der Waals surface area contributed by atoms with E-state index in [9.17, 15) is 4.79 Å². The van der Waals surface area contributed by atoms with E-state index in [-0.39, 0.29) is 11.2 Å². The molecule has 0 saturated carbocycles. The van der Waals surface area contributed by atoms with Crippen molar-refractivity contribution < 1.29 is 0 Å². The Balaban J connectivity index is 2.77. The number of fused-ring (bicyclic) bond motifs is 3. The number of para-hydroxylation sites is 2. The number of hydrogen-bond acceptors (Lipinski definition) is 4. The minimum Gasteiger partial charge on any atom is -0.307 e. The van der Waals surface area contributed by atoms with Crippen molar-refractivity contribution in [3.63, 3.8) is 0 Å². The Hall–Kier alpha value is -2.24. The first-order chi connectivity index (χ1) is 7.29. The van der Waals surface area contributed by atoms with E-state index < -0.39 is 0 Å². The molecule has 0 N–H and O–H groups in total. The fourth-order valence-corrected chi connectivity index (χ4v) is 1.67. The zero-order valence-corrected chi connectivity index (χ0v) is 7.95. The molecule has 0 atom stereocenters. The van der Waals surface area contributed by atoms with E-state index in [1.807, 2.05) is 24.3 Å². The third kappa shape index (κ3) is 0.927. The fourth-order valence-electron chi connectivity index (χ4n) is 1.67. The SMILES string of the molecule is Cn1c(=O)c2nnnn2c2ccccc21. The van der Waals surface area contributed by atoms with Crippen molar-refractivity contribution in [2.24, 2.45) is 7.05 Å². The van der Waals surface area contributed by atoms with E-state index in [1.54, 1.807) is 11.6 Å². The second kappa shape index (κ2) is 2.63. The highest BCUT2D eigenvalue weighted by Crippen LogP contribution is 2.10. The molecule has 6 heteroatoms. The second-order valence-corrected chi connectivity index (χ2v) is 3.27. The lowest BCUT2D eigenvalue weighted by atomic mass is 10.3. The third-order valence-corrected chi connectivity index (χ3v) is 2.44. The van der Waals surface area contributed by atoms with E-state index in [1.165, 1.54) is 4.52 Å². The summed E-state index contributed by atoms with van der Waals surface area (Å²) in [5.41, 5.74) is 1.68. The van der Waals surface area contributed by atoms with Gasteiger partial charge in [-0.3, -0.25) is 4.79 Å². The van der Waals surface area contributed by atoms with Crippen LogP contribution in [0.5, 0.6) is 0 Å². The number of benzene rings is 1. The predicted molar refractivity (Wildman–Crippen MR) is 53.5 cm³/mol. The first-order valence-corrected chi connectivity index (χ1v) is 4.45. The van der Waals surface area contributed by atoms with Crippen LogP contribution >= 0.6 is 0 Å². The molecule has 0 spiro atoms. The number of rotatable bonds is 0. The summed E-state index contributed by atoms with van der Waals surface area (Å²) >= 11 is 0. The van der Waals surface area contributed by atoms with Crippen LogP contribution in [0.4, 0.5) is 0 Å². The molecule has 0 aliphatic heterocycles. The van der Waals surface area contributed by atoms with E-state index in [4.69, 9.17) is 0 Å². The van der Waals surface area contributed by atoms with Gasteiger partial charge in [-0.05, 0) is 22.6 Å². The summed E-state index contributed by atoms with van der Waals surface area (Å²) in [5.74, 6) is 0. The third-order valence-electron chi connectivity index (χ3n) is 2.44. The first-order valence-electron chi connectivity index (χ1n) is 4.45. The van der Waals surface area contributed by atoms with E-state index in [0.29, 0.717) is 0 Å². The Labute approximate surface area is 83.8 Å². The van der Waals surface area contributed by atoms with Crippen molar-refractivity contribution in [1.29, 1.82) is 0 Å². The molecule has 3 aromatic rings. The topological polar surface area (TPSA) is 65.1 Å². The highest BCUT2D eigenvalue weighted by Gasteiger charge is 2.09. The Bertz CT molecular complexity index is 711. The normalized spacial score (nSPS) is 11.3. The minimum atomic E-state index is -0.196. The maximum Gasteiger partial charge on any atom is 0.297 e. The van der Waals surface area contributed by atoms with Gasteiger partial charge in [0.15, 0.2) is 0 Å². The van der Waals surface area contributed by atoms with E-state index >= 15 is 0 Å². The van der Waals surface area contributed by atoms with Crippen molar-refractivity contribution in [3.05, 3.63) is 34.6 Å². The number of tetrazole rings is 1. The molecule has 2 aromatic heterocycles.